The molecule has 6 heteroatoms. The summed E-state index contributed by atoms with van der Waals surface area (Å²) in [5, 5.41) is 2.87. The molecule has 0 aliphatic rings. The Morgan fingerprint density at radius 1 is 1.33 bits per heavy atom. The average molecular weight is 350 g/mol. The highest BCUT2D eigenvalue weighted by atomic mass is 79.9. The number of hydrogen-bond donors (Lipinski definition) is 1. The number of pyridine rings is 1. The van der Waals surface area contributed by atoms with Gasteiger partial charge in [-0.25, -0.2) is 0 Å². The van der Waals surface area contributed by atoms with Gasteiger partial charge >= 0.3 is 0 Å². The van der Waals surface area contributed by atoms with Crippen LogP contribution < -0.4 is 15.0 Å². The summed E-state index contributed by atoms with van der Waals surface area (Å²) >= 11 is 3.38. The number of amides is 1. The van der Waals surface area contributed by atoms with E-state index in [9.17, 15) is 4.79 Å². The van der Waals surface area contributed by atoms with Gasteiger partial charge in [0.2, 0.25) is 0 Å². The zero-order valence-electron chi connectivity index (χ0n) is 12.1. The largest absolute Gasteiger partial charge is 0.497 e. The van der Waals surface area contributed by atoms with Crippen molar-refractivity contribution in [2.45, 2.75) is 0 Å². The van der Waals surface area contributed by atoms with Crippen LogP contribution in [0.5, 0.6) is 5.75 Å². The van der Waals surface area contributed by atoms with Crippen LogP contribution in [0.25, 0.3) is 0 Å². The lowest BCUT2D eigenvalue weighted by Crippen LogP contribution is -2.17. The van der Waals surface area contributed by atoms with Crippen molar-refractivity contribution in [3.05, 3.63) is 46.7 Å². The van der Waals surface area contributed by atoms with Crippen molar-refractivity contribution in [2.75, 3.05) is 31.4 Å². The molecule has 1 amide bonds. The van der Waals surface area contributed by atoms with Crippen LogP contribution in [0.2, 0.25) is 0 Å². The lowest BCUT2D eigenvalue weighted by Gasteiger charge is -2.17. The van der Waals surface area contributed by atoms with Gasteiger partial charge in [-0.05, 0) is 40.2 Å². The summed E-state index contributed by atoms with van der Waals surface area (Å²) in [6, 6.07) is 7.10. The zero-order valence-corrected chi connectivity index (χ0v) is 13.6. The van der Waals surface area contributed by atoms with E-state index in [1.165, 1.54) is 0 Å². The molecule has 0 atom stereocenters. The van der Waals surface area contributed by atoms with E-state index in [0.717, 1.165) is 5.69 Å². The zero-order chi connectivity index (χ0) is 15.4. The van der Waals surface area contributed by atoms with E-state index in [0.29, 0.717) is 21.5 Å². The SMILES string of the molecule is COc1ccc(Br)c(C(=O)Nc2cnccc2N(C)C)c1. The highest BCUT2D eigenvalue weighted by Crippen LogP contribution is 2.26. The minimum Gasteiger partial charge on any atom is -0.497 e. The molecule has 0 spiro atoms. The number of rotatable bonds is 4. The monoisotopic (exact) mass is 349 g/mol. The molecule has 0 radical (unpaired) electrons. The van der Waals surface area contributed by atoms with Crippen molar-refractivity contribution in [2.24, 2.45) is 0 Å². The van der Waals surface area contributed by atoms with E-state index in [1.54, 1.807) is 37.7 Å². The minimum absolute atomic E-state index is 0.225. The number of ether oxygens (including phenoxy) is 1. The molecule has 0 fully saturated rings. The second-order valence-electron chi connectivity index (χ2n) is 4.59. The number of halogens is 1. The van der Waals surface area contributed by atoms with Gasteiger partial charge in [0.15, 0.2) is 0 Å². The fraction of sp³-hybridized carbons (Fsp3) is 0.200. The number of carbonyl (C=O) groups is 1. The maximum Gasteiger partial charge on any atom is 0.257 e. The van der Waals surface area contributed by atoms with Crippen LogP contribution in [0.4, 0.5) is 11.4 Å². The second-order valence-corrected chi connectivity index (χ2v) is 5.44. The molecule has 0 aliphatic carbocycles. The number of carbonyl (C=O) groups excluding carboxylic acids is 1. The van der Waals surface area contributed by atoms with Crippen molar-refractivity contribution in [3.63, 3.8) is 0 Å². The number of nitrogens with one attached hydrogen (secondary N) is 1. The minimum atomic E-state index is -0.225. The van der Waals surface area contributed by atoms with Gasteiger partial charge in [0.05, 0.1) is 30.2 Å². The van der Waals surface area contributed by atoms with E-state index in [4.69, 9.17) is 4.74 Å². The smallest absolute Gasteiger partial charge is 0.257 e. The van der Waals surface area contributed by atoms with Crippen LogP contribution >= 0.6 is 15.9 Å². The molecule has 1 N–H and O–H groups in total. The number of hydrogen-bond acceptors (Lipinski definition) is 4. The molecular formula is C15H16BrN3O2. The summed E-state index contributed by atoms with van der Waals surface area (Å²) in [6.07, 6.45) is 3.31. The first-order valence-electron chi connectivity index (χ1n) is 6.29. The highest BCUT2D eigenvalue weighted by Gasteiger charge is 2.14. The van der Waals surface area contributed by atoms with Gasteiger partial charge in [-0.15, -0.1) is 0 Å². The van der Waals surface area contributed by atoms with Crippen LogP contribution in [0.3, 0.4) is 0 Å². The third-order valence-corrected chi connectivity index (χ3v) is 3.64. The fourth-order valence-corrected chi connectivity index (χ4v) is 2.30. The summed E-state index contributed by atoms with van der Waals surface area (Å²) in [5.41, 5.74) is 2.04. The predicted molar refractivity (Wildman–Crippen MR) is 87.2 cm³/mol. The first-order chi connectivity index (χ1) is 10.0. The Kier molecular flexibility index (Phi) is 4.80. The van der Waals surface area contributed by atoms with Crippen LogP contribution in [0, 0.1) is 0 Å². The standard InChI is InChI=1S/C15H16BrN3O2/c1-19(2)14-6-7-17-9-13(14)18-15(20)11-8-10(21-3)4-5-12(11)16/h4-9H,1-3H3,(H,18,20). The Labute approximate surface area is 132 Å². The van der Waals surface area contributed by atoms with Gasteiger partial charge in [-0.1, -0.05) is 0 Å². The van der Waals surface area contributed by atoms with E-state index >= 15 is 0 Å². The second kappa shape index (κ2) is 6.58. The molecule has 110 valence electrons. The maximum absolute atomic E-state index is 12.4. The number of nitrogens with zero attached hydrogens (tertiary/aromatic N) is 2. The van der Waals surface area contributed by atoms with Crippen molar-refractivity contribution < 1.29 is 9.53 Å². The summed E-state index contributed by atoms with van der Waals surface area (Å²) in [6.45, 7) is 0. The number of benzene rings is 1. The molecular weight excluding hydrogens is 334 g/mol. The Morgan fingerprint density at radius 2 is 2.10 bits per heavy atom. The van der Waals surface area contributed by atoms with Gasteiger partial charge in [0.25, 0.3) is 5.91 Å². The topological polar surface area (TPSA) is 54.5 Å². The summed E-state index contributed by atoms with van der Waals surface area (Å²) in [4.78, 5) is 18.4. The normalized spacial score (nSPS) is 10.1. The molecule has 0 saturated heterocycles. The number of aromatic nitrogens is 1. The lowest BCUT2D eigenvalue weighted by atomic mass is 10.2. The molecule has 1 aromatic heterocycles. The number of methoxy groups -OCH3 is 1. The molecule has 2 aromatic rings. The van der Waals surface area contributed by atoms with Gasteiger partial charge in [-0.3, -0.25) is 9.78 Å². The van der Waals surface area contributed by atoms with E-state index in [2.05, 4.69) is 26.2 Å². The van der Waals surface area contributed by atoms with Crippen LogP contribution in [0.15, 0.2) is 41.1 Å². The Balaban J connectivity index is 2.30. The molecule has 21 heavy (non-hydrogen) atoms. The van der Waals surface area contributed by atoms with E-state index in [1.807, 2.05) is 25.1 Å². The molecule has 2 rings (SSSR count). The van der Waals surface area contributed by atoms with Crippen molar-refractivity contribution in [1.29, 1.82) is 0 Å². The molecule has 0 bridgehead atoms. The van der Waals surface area contributed by atoms with Crippen molar-refractivity contribution in [3.8, 4) is 5.75 Å². The predicted octanol–water partition coefficient (Wildman–Crippen LogP) is 3.17. The third kappa shape index (κ3) is 3.52. The fourth-order valence-electron chi connectivity index (χ4n) is 1.87. The third-order valence-electron chi connectivity index (χ3n) is 2.95. The molecule has 0 unspecified atom stereocenters. The molecule has 1 aromatic carbocycles. The Hall–Kier alpha value is -2.08. The van der Waals surface area contributed by atoms with Crippen LogP contribution in [-0.2, 0) is 0 Å². The quantitative estimate of drug-likeness (QED) is 0.920. The van der Waals surface area contributed by atoms with Gasteiger partial charge in [0, 0.05) is 24.8 Å². The Bertz CT molecular complexity index is 659. The van der Waals surface area contributed by atoms with Crippen LogP contribution in [0.1, 0.15) is 10.4 Å². The van der Waals surface area contributed by atoms with Crippen LogP contribution in [-0.4, -0.2) is 32.1 Å². The first-order valence-corrected chi connectivity index (χ1v) is 7.08. The summed E-state index contributed by atoms with van der Waals surface area (Å²) < 4.78 is 5.86. The first kappa shape index (κ1) is 15.3. The molecule has 0 aliphatic heterocycles. The average Bonchev–Trinajstić information content (AvgIpc) is 2.48. The van der Waals surface area contributed by atoms with Crippen molar-refractivity contribution >= 4 is 33.2 Å². The van der Waals surface area contributed by atoms with Gasteiger partial charge in [0.1, 0.15) is 5.75 Å². The molecule has 5 nitrogen and oxygen atoms in total. The lowest BCUT2D eigenvalue weighted by molar-refractivity contribution is 0.102. The van der Waals surface area contributed by atoms with Gasteiger partial charge < -0.3 is 15.0 Å². The number of anilines is 2. The van der Waals surface area contributed by atoms with Crippen molar-refractivity contribution in [1.82, 2.24) is 4.98 Å². The highest BCUT2D eigenvalue weighted by molar-refractivity contribution is 9.10. The maximum atomic E-state index is 12.4. The van der Waals surface area contributed by atoms with Gasteiger partial charge in [-0.2, -0.15) is 0 Å². The molecule has 1 heterocycles. The van der Waals surface area contributed by atoms with E-state index in [-0.39, 0.29) is 5.91 Å². The summed E-state index contributed by atoms with van der Waals surface area (Å²) in [7, 11) is 5.38. The van der Waals surface area contributed by atoms with E-state index < -0.39 is 0 Å². The Morgan fingerprint density at radius 3 is 2.76 bits per heavy atom. The summed E-state index contributed by atoms with van der Waals surface area (Å²) in [5.74, 6) is 0.402. The molecule has 0 saturated carbocycles.